The number of urea groups is 1. The molecule has 0 unspecified atom stereocenters. The molecule has 135 heavy (non-hydrogen) atoms. The second kappa shape index (κ2) is 50.5. The Balaban J connectivity index is 1.15. The number of nitrogens with two attached hydrogens (primary N) is 3. The summed E-state index contributed by atoms with van der Waals surface area (Å²) in [5.74, 6) is -18.6. The van der Waals surface area contributed by atoms with E-state index in [0.29, 0.717) is 69.7 Å². The average molecular weight is 1890 g/mol. The van der Waals surface area contributed by atoms with Gasteiger partial charge in [0.1, 0.15) is 72.5 Å². The van der Waals surface area contributed by atoms with Gasteiger partial charge in [-0.3, -0.25) is 91.4 Å². The van der Waals surface area contributed by atoms with Crippen LogP contribution in [0.25, 0.3) is 21.8 Å². The number of nitrogens with one attached hydrogen (secondary N) is 11. The maximum Gasteiger partial charge on any atom is 0.317 e. The largest absolute Gasteiger partial charge is 0.480 e. The Morgan fingerprint density at radius 1 is 0.533 bits per heavy atom. The Kier molecular flexibility index (Phi) is 39.3. The molecule has 0 spiro atoms. The van der Waals surface area contributed by atoms with E-state index >= 15 is 38.4 Å². The van der Waals surface area contributed by atoms with Crippen LogP contribution in [-0.4, -0.2) is 313 Å². The van der Waals surface area contributed by atoms with Crippen LogP contribution in [0.5, 0.6) is 0 Å². The molecule has 5 heterocycles. The number of aliphatic carboxylic acids is 1. The van der Waals surface area contributed by atoms with Crippen LogP contribution in [0.2, 0.25) is 0 Å². The first-order valence-electron chi connectivity index (χ1n) is 45.1. The summed E-state index contributed by atoms with van der Waals surface area (Å²) in [6, 6.07) is 5.20. The summed E-state index contributed by atoms with van der Waals surface area (Å²) in [7, 11) is 8.74. The summed E-state index contributed by atoms with van der Waals surface area (Å²) in [5, 5.41) is 51.7. The highest BCUT2D eigenvalue weighted by molar-refractivity contribution is 8.00. The molecule has 1 saturated carbocycles. The van der Waals surface area contributed by atoms with E-state index in [-0.39, 0.29) is 103 Å². The standard InChI is InChI=1S/C92H126N22O20S/c1-53-90(132)111(7)72(42-56-25-22-35-96-47-56)87(129)103-66(45-74(94)117)85(127)107-79(57-26-13-10-14-27-57)89(131)100-63(31-21-34-73(93)116)91(133)112(8)71(41-55-23-11-9-12-24-55)86(128)102-64(43-58-48-109(5)69-32-17-15-28-60(58)69)82(124)99-62(30-19-20-36-97-92(134)114-39-37-113(38-40-114)50-77(120)121)81(123)101-65(44-59-49-110(6)70-33-18-16-29-61(59)70)84(126)106-78(54(2)115)88(130)104-67(46-76(119)108(3)4)83(125)105-68(80(95)122)51-135-52-75(118)98-53/h9,11-12,15-18,22-25,28-29,32-33,35,47-49,53-54,57,62-68,71-72,78-79,115H,10,13-14,19-21,26-27,30-31,34,36-46,50-52H2,1-8H3,(H2,93,116)(H2,94,117)(H2,95,122)(H,97,134)(H,98,118)(H,99,124)(H,100,131)(H,101,123)(H,102,128)(H,103,129)(H,104,130)(H,105,125)(H,106,126)(H,107,127)(H,120,121)/t53-,54-,62+,63+,64+,65+,66+,67+,68+,71+,72+,78+,79+/m1/s1. The topological polar surface area (TPSA) is 597 Å². The quantitative estimate of drug-likeness (QED) is 0.0253. The van der Waals surface area contributed by atoms with Gasteiger partial charge in [0.15, 0.2) is 0 Å². The lowest BCUT2D eigenvalue weighted by molar-refractivity contribution is -0.143. The smallest absolute Gasteiger partial charge is 0.317 e. The lowest BCUT2D eigenvalue weighted by Gasteiger charge is -2.35. The Bertz CT molecular complexity index is 5240. The molecule has 19 N–H and O–H groups in total. The van der Waals surface area contributed by atoms with E-state index in [1.165, 1.54) is 52.4 Å². The number of carboxylic acid groups (broad SMARTS) is 1. The number of thioether (sulfide) groups is 1. The van der Waals surface area contributed by atoms with Gasteiger partial charge >= 0.3 is 12.0 Å². The molecular formula is C92H126N22O20S. The number of aryl methyl sites for hydroxylation is 2. The lowest BCUT2D eigenvalue weighted by atomic mass is 9.83. The molecule has 2 saturated heterocycles. The molecule has 3 aliphatic rings. The SMILES string of the molecule is C[C@H]1NC(=O)CSC[C@@H](C(N)=O)NC(=O)[C@H](CC(=O)N(C)C)NC(=O)[C@H]([C@@H](C)O)NC(=O)[C@H](Cc2cn(C)c3ccccc23)NC(=O)[C@H](CCCCNC(=O)N2CCN(CC(=O)O)CC2)NC(=O)[C@H](Cc2cn(C)c3ccccc23)NC(=O)[C@H](Cc2ccccc2)N(C)C(=O)[C@H](CCCC(N)=O)NC(=O)[C@H](C2CCCCC2)NC(=O)[C@H](CC(N)=O)NC(=O)[C@H](Cc2cccnc2)N(C)C1=O. The minimum Gasteiger partial charge on any atom is -0.480 e. The molecule has 42 nitrogen and oxygen atoms in total. The molecule has 13 atom stereocenters. The highest BCUT2D eigenvalue weighted by Crippen LogP contribution is 2.29. The van der Waals surface area contributed by atoms with Crippen LogP contribution in [0.4, 0.5) is 4.79 Å². The summed E-state index contributed by atoms with van der Waals surface area (Å²) in [6.45, 7) is 3.24. The lowest BCUT2D eigenvalue weighted by Crippen LogP contribution is -2.62. The van der Waals surface area contributed by atoms with E-state index in [4.69, 9.17) is 17.2 Å². The van der Waals surface area contributed by atoms with Crippen molar-refractivity contribution in [3.05, 3.63) is 138 Å². The number of amides is 18. The fourth-order valence-corrected chi connectivity index (χ4v) is 17.7. The number of carboxylic acids is 1. The zero-order chi connectivity index (χ0) is 98.4. The molecule has 0 bridgehead atoms. The van der Waals surface area contributed by atoms with E-state index in [9.17, 15) is 58.2 Å². The van der Waals surface area contributed by atoms with Gasteiger partial charge in [0, 0.05) is 159 Å². The van der Waals surface area contributed by atoms with Gasteiger partial charge in [0.2, 0.25) is 94.5 Å². The van der Waals surface area contributed by atoms with E-state index in [1.807, 2.05) is 6.07 Å². The number of unbranched alkanes of at least 4 members (excludes halogenated alkanes) is 1. The normalized spacial score (nSPS) is 23.4. The molecule has 3 aromatic heterocycles. The summed E-state index contributed by atoms with van der Waals surface area (Å²) < 4.78 is 3.56. The number of likely N-dealkylation sites (N-methyl/N-ethyl adjacent to an activating group) is 2. The molecule has 0 radical (unpaired) electrons. The second-order valence-corrected chi connectivity index (χ2v) is 35.8. The summed E-state index contributed by atoms with van der Waals surface area (Å²) in [6.07, 6.45) is 3.41. The van der Waals surface area contributed by atoms with Crippen LogP contribution >= 0.6 is 11.8 Å². The minimum absolute atomic E-state index is 0.0156. The first-order chi connectivity index (χ1) is 64.2. The van der Waals surface area contributed by atoms with Crippen LogP contribution in [0.3, 0.4) is 0 Å². The van der Waals surface area contributed by atoms with Crippen LogP contribution < -0.4 is 75.7 Å². The summed E-state index contributed by atoms with van der Waals surface area (Å²) >= 11 is 0.749. The van der Waals surface area contributed by atoms with Gasteiger partial charge in [-0.2, -0.15) is 0 Å². The highest BCUT2D eigenvalue weighted by atomic mass is 32.2. The number of hydrogen-bond acceptors (Lipinski definition) is 22. The van der Waals surface area contributed by atoms with Crippen molar-refractivity contribution in [1.82, 2.24) is 97.1 Å². The van der Waals surface area contributed by atoms with Crippen LogP contribution in [0, 0.1) is 5.92 Å². The van der Waals surface area contributed by atoms with Crippen LogP contribution in [0.1, 0.15) is 120 Å². The fourth-order valence-electron chi connectivity index (χ4n) is 16.8. The first-order valence-corrected chi connectivity index (χ1v) is 46.2. The van der Waals surface area contributed by atoms with Crippen molar-refractivity contribution in [2.24, 2.45) is 37.2 Å². The van der Waals surface area contributed by atoms with Crippen LogP contribution in [0.15, 0.2) is 116 Å². The van der Waals surface area contributed by atoms with Crippen molar-refractivity contribution in [2.75, 3.05) is 79.0 Å². The molecule has 2 aliphatic heterocycles. The van der Waals surface area contributed by atoms with E-state index in [2.05, 4.69) is 63.5 Å². The second-order valence-electron chi connectivity index (χ2n) is 34.8. The third-order valence-corrected chi connectivity index (χ3v) is 25.4. The van der Waals surface area contributed by atoms with Crippen molar-refractivity contribution >= 4 is 140 Å². The van der Waals surface area contributed by atoms with Gasteiger partial charge in [-0.05, 0) is 105 Å². The Hall–Kier alpha value is -13.6. The maximum atomic E-state index is 16.1. The summed E-state index contributed by atoms with van der Waals surface area (Å²) in [4.78, 5) is 271. The number of aromatic nitrogens is 3. The number of para-hydroxylation sites is 2. The molecule has 730 valence electrons. The average Bonchev–Trinajstić information content (AvgIpc) is 1.66. The summed E-state index contributed by atoms with van der Waals surface area (Å²) in [5.41, 5.74) is 20.6. The van der Waals surface area contributed by atoms with Gasteiger partial charge in [-0.15, -0.1) is 11.8 Å². The molecule has 43 heteroatoms. The Morgan fingerprint density at radius 2 is 1.04 bits per heavy atom. The van der Waals surface area contributed by atoms with E-state index in [1.54, 1.807) is 125 Å². The van der Waals surface area contributed by atoms with Gasteiger partial charge in [0.25, 0.3) is 0 Å². The number of nitrogens with zero attached hydrogens (tertiary/aromatic N) is 8. The molecule has 3 fully saturated rings. The monoisotopic (exact) mass is 1890 g/mol. The predicted molar refractivity (Wildman–Crippen MR) is 497 cm³/mol. The van der Waals surface area contributed by atoms with Crippen molar-refractivity contribution < 1.29 is 96.5 Å². The first kappa shape index (κ1) is 105. The molecule has 3 aromatic carbocycles. The van der Waals surface area contributed by atoms with E-state index < -0.39 is 215 Å². The molecule has 18 amide bonds. The molecule has 9 rings (SSSR count). The number of fused-ring (bicyclic) bond motifs is 2. The Labute approximate surface area is 785 Å². The number of piperazine rings is 1. The number of aliphatic hydroxyl groups is 1. The zero-order valence-corrected chi connectivity index (χ0v) is 78.0. The van der Waals surface area contributed by atoms with E-state index in [0.717, 1.165) is 39.8 Å². The van der Waals surface area contributed by atoms with Crippen molar-refractivity contribution in [3.63, 3.8) is 0 Å². The number of rotatable bonds is 26. The predicted octanol–water partition coefficient (Wildman–Crippen LogP) is -2.36. The molecule has 6 aromatic rings. The number of pyridine rings is 1. The van der Waals surface area contributed by atoms with Crippen molar-refractivity contribution in [1.29, 1.82) is 0 Å². The fraction of sp³-hybridized carbons (Fsp3) is 0.511. The maximum absolute atomic E-state index is 16.1. The molecular weight excluding hydrogens is 1770 g/mol. The third kappa shape index (κ3) is 30.7. The highest BCUT2D eigenvalue weighted by Gasteiger charge is 2.43. The number of benzene rings is 3. The molecule has 1 aliphatic carbocycles. The zero-order valence-electron chi connectivity index (χ0n) is 77.2. The number of carbonyl (C=O) groups excluding carboxylic acids is 17. The van der Waals surface area contributed by atoms with Crippen LogP contribution in [-0.2, 0) is 121 Å². The van der Waals surface area contributed by atoms with Crippen molar-refractivity contribution in [2.45, 2.75) is 202 Å². The number of aliphatic hydroxyl groups excluding tert-OH is 1. The number of primary amides is 3. The van der Waals surface area contributed by atoms with Gasteiger partial charge in [-0.25, -0.2) is 4.79 Å². The Morgan fingerprint density at radius 3 is 1.61 bits per heavy atom. The number of carbonyl (C=O) groups is 18. The van der Waals surface area contributed by atoms with Crippen molar-refractivity contribution in [3.8, 4) is 0 Å². The van der Waals surface area contributed by atoms with Gasteiger partial charge in [-0.1, -0.05) is 92.1 Å². The van der Waals surface area contributed by atoms with Gasteiger partial charge in [0.05, 0.1) is 31.2 Å². The van der Waals surface area contributed by atoms with Gasteiger partial charge < -0.3 is 115 Å². The minimum atomic E-state index is -2.02. The third-order valence-electron chi connectivity index (χ3n) is 24.3. The number of hydrogen-bond donors (Lipinski definition) is 16.